The van der Waals surface area contributed by atoms with E-state index in [2.05, 4.69) is 78.2 Å². The van der Waals surface area contributed by atoms with Gasteiger partial charge in [-0.3, -0.25) is 4.57 Å². The van der Waals surface area contributed by atoms with Crippen LogP contribution in [0.3, 0.4) is 0 Å². The van der Waals surface area contributed by atoms with E-state index in [1.807, 2.05) is 36.4 Å². The van der Waals surface area contributed by atoms with E-state index in [0.29, 0.717) is 0 Å². The molecule has 0 spiro atoms. The van der Waals surface area contributed by atoms with E-state index >= 15 is 0 Å². The lowest BCUT2D eigenvalue weighted by Crippen LogP contribution is -2.00. The highest BCUT2D eigenvalue weighted by Crippen LogP contribution is 2.39. The van der Waals surface area contributed by atoms with Gasteiger partial charge in [-0.15, -0.1) is 0 Å². The molecule has 3 heterocycles. The van der Waals surface area contributed by atoms with Crippen molar-refractivity contribution in [1.82, 2.24) is 9.55 Å². The molecule has 0 aliphatic rings. The first-order valence-electron chi connectivity index (χ1n) is 12.1. The van der Waals surface area contributed by atoms with Crippen LogP contribution < -0.4 is 0 Å². The Labute approximate surface area is 206 Å². The zero-order valence-electron chi connectivity index (χ0n) is 19.5. The Kier molecular flexibility index (Phi) is 3.84. The maximum absolute atomic E-state index is 6.40. The third-order valence-electron chi connectivity index (χ3n) is 7.14. The molecule has 0 bridgehead atoms. The molecule has 4 nitrogen and oxygen atoms in total. The molecule has 4 heteroatoms. The van der Waals surface area contributed by atoms with E-state index in [1.54, 1.807) is 0 Å². The zero-order valence-corrected chi connectivity index (χ0v) is 19.5. The minimum Gasteiger partial charge on any atom is -0.456 e. The predicted molar refractivity (Wildman–Crippen MR) is 146 cm³/mol. The smallest absolute Gasteiger partial charge is 0.149 e. The van der Waals surface area contributed by atoms with Crippen molar-refractivity contribution in [3.8, 4) is 17.1 Å². The summed E-state index contributed by atoms with van der Waals surface area (Å²) < 4.78 is 14.8. The summed E-state index contributed by atoms with van der Waals surface area (Å²) in [6.45, 7) is 2.13. The molecule has 5 aromatic carbocycles. The molecule has 0 aliphatic heterocycles. The van der Waals surface area contributed by atoms with Gasteiger partial charge in [-0.2, -0.15) is 0 Å². The van der Waals surface area contributed by atoms with E-state index in [0.717, 1.165) is 77.5 Å². The summed E-state index contributed by atoms with van der Waals surface area (Å²) >= 11 is 0. The number of hydrogen-bond acceptors (Lipinski definition) is 3. The van der Waals surface area contributed by atoms with Crippen molar-refractivity contribution in [2.24, 2.45) is 0 Å². The fourth-order valence-electron chi connectivity index (χ4n) is 5.48. The van der Waals surface area contributed by atoms with Crippen LogP contribution >= 0.6 is 0 Å². The highest BCUT2D eigenvalue weighted by molar-refractivity contribution is 6.10. The molecule has 36 heavy (non-hydrogen) atoms. The van der Waals surface area contributed by atoms with Crippen molar-refractivity contribution in [2.45, 2.75) is 6.92 Å². The number of imidazole rings is 1. The molecule has 8 rings (SSSR count). The monoisotopic (exact) mass is 464 g/mol. The second kappa shape index (κ2) is 7.09. The fraction of sp³-hybridized carbons (Fsp3) is 0.0312. The molecular weight excluding hydrogens is 444 g/mol. The van der Waals surface area contributed by atoms with Crippen molar-refractivity contribution < 1.29 is 8.83 Å². The Morgan fingerprint density at radius 2 is 1.31 bits per heavy atom. The van der Waals surface area contributed by atoms with Crippen molar-refractivity contribution in [3.63, 3.8) is 0 Å². The molecular formula is C32H20N2O2. The van der Waals surface area contributed by atoms with Crippen molar-refractivity contribution in [3.05, 3.63) is 109 Å². The van der Waals surface area contributed by atoms with E-state index in [4.69, 9.17) is 13.8 Å². The van der Waals surface area contributed by atoms with E-state index < -0.39 is 0 Å². The number of nitrogens with zero attached hydrogens (tertiary/aromatic N) is 2. The molecule has 0 saturated heterocycles. The average molecular weight is 465 g/mol. The van der Waals surface area contributed by atoms with Gasteiger partial charge >= 0.3 is 0 Å². The predicted octanol–water partition coefficient (Wildman–Crippen LogP) is 8.80. The third-order valence-corrected chi connectivity index (χ3v) is 7.14. The van der Waals surface area contributed by atoms with Crippen LogP contribution in [0, 0.1) is 6.92 Å². The second-order valence-corrected chi connectivity index (χ2v) is 9.27. The highest BCUT2D eigenvalue weighted by Gasteiger charge is 2.21. The van der Waals surface area contributed by atoms with E-state index in [-0.39, 0.29) is 0 Å². The minimum atomic E-state index is 0.850. The quantitative estimate of drug-likeness (QED) is 0.257. The summed E-state index contributed by atoms with van der Waals surface area (Å²) in [6.07, 6.45) is 0. The van der Waals surface area contributed by atoms with Gasteiger partial charge < -0.3 is 8.83 Å². The average Bonchev–Trinajstić information content (AvgIpc) is 3.59. The summed E-state index contributed by atoms with van der Waals surface area (Å²) in [5, 5.41) is 4.41. The number of aryl methyl sites for hydroxylation is 1. The number of rotatable bonds is 2. The lowest BCUT2D eigenvalue weighted by atomic mass is 10.1. The first-order valence-corrected chi connectivity index (χ1v) is 12.1. The van der Waals surface area contributed by atoms with Gasteiger partial charge in [0.2, 0.25) is 0 Å². The van der Waals surface area contributed by atoms with Crippen LogP contribution in [0.5, 0.6) is 0 Å². The maximum atomic E-state index is 6.40. The van der Waals surface area contributed by atoms with Crippen LogP contribution in [-0.2, 0) is 0 Å². The van der Waals surface area contributed by atoms with Gasteiger partial charge in [0.15, 0.2) is 0 Å². The van der Waals surface area contributed by atoms with Crippen molar-refractivity contribution in [1.29, 1.82) is 0 Å². The Hall–Kier alpha value is -4.83. The van der Waals surface area contributed by atoms with Gasteiger partial charge in [0, 0.05) is 21.5 Å². The molecule has 0 atom stereocenters. The molecule has 3 aromatic heterocycles. The standard InChI is InChI=1S/C32H20N2O2/c1-19-17-30-24(21-10-3-6-15-28(21)35-30)18-27(19)34-26-14-5-4-13-25(26)33-32(34)23-12-8-11-22-20-9-2-7-16-29(20)36-31(22)23/h2-18H,1H3. The SMILES string of the molecule is Cc1cc2oc3ccccc3c2cc1-n1c(-c2cccc3c2oc2ccccc23)nc2ccccc21. The Balaban J connectivity index is 1.49. The lowest BCUT2D eigenvalue weighted by molar-refractivity contribution is 0.668. The van der Waals surface area contributed by atoms with Gasteiger partial charge in [-0.1, -0.05) is 60.7 Å². The van der Waals surface area contributed by atoms with Gasteiger partial charge in [0.05, 0.1) is 22.3 Å². The fourth-order valence-corrected chi connectivity index (χ4v) is 5.48. The summed E-state index contributed by atoms with van der Waals surface area (Å²) in [5.41, 5.74) is 8.67. The van der Waals surface area contributed by atoms with Gasteiger partial charge in [0.1, 0.15) is 28.2 Å². The number of benzene rings is 5. The summed E-state index contributed by atoms with van der Waals surface area (Å²) in [4.78, 5) is 5.13. The minimum absolute atomic E-state index is 0.850. The molecule has 0 amide bonds. The highest BCUT2D eigenvalue weighted by atomic mass is 16.3. The molecule has 170 valence electrons. The third kappa shape index (κ3) is 2.61. The van der Waals surface area contributed by atoms with Crippen molar-refractivity contribution >= 4 is 54.9 Å². The summed E-state index contributed by atoms with van der Waals surface area (Å²) in [6, 6.07) is 35.3. The normalized spacial score (nSPS) is 12.0. The first kappa shape index (κ1) is 19.5. The Morgan fingerprint density at radius 1 is 0.611 bits per heavy atom. The van der Waals surface area contributed by atoms with Gasteiger partial charge in [-0.05, 0) is 55.0 Å². The largest absolute Gasteiger partial charge is 0.456 e. The molecule has 0 radical (unpaired) electrons. The number of aromatic nitrogens is 2. The zero-order chi connectivity index (χ0) is 23.8. The molecule has 0 aliphatic carbocycles. The maximum Gasteiger partial charge on any atom is 0.149 e. The van der Waals surface area contributed by atoms with Crippen LogP contribution in [0.4, 0.5) is 0 Å². The Morgan fingerprint density at radius 3 is 2.17 bits per heavy atom. The molecule has 0 N–H and O–H groups in total. The second-order valence-electron chi connectivity index (χ2n) is 9.27. The topological polar surface area (TPSA) is 44.1 Å². The summed E-state index contributed by atoms with van der Waals surface area (Å²) in [5.74, 6) is 0.858. The number of fused-ring (bicyclic) bond motifs is 7. The molecule has 0 fully saturated rings. The van der Waals surface area contributed by atoms with Crippen LogP contribution in [-0.4, -0.2) is 9.55 Å². The Bertz CT molecular complexity index is 2120. The van der Waals surface area contributed by atoms with Gasteiger partial charge in [0.25, 0.3) is 0 Å². The van der Waals surface area contributed by atoms with Crippen LogP contribution in [0.2, 0.25) is 0 Å². The van der Waals surface area contributed by atoms with Crippen LogP contribution in [0.25, 0.3) is 72.0 Å². The lowest BCUT2D eigenvalue weighted by Gasteiger charge is -2.13. The van der Waals surface area contributed by atoms with Gasteiger partial charge in [-0.25, -0.2) is 4.98 Å². The van der Waals surface area contributed by atoms with E-state index in [9.17, 15) is 0 Å². The van der Waals surface area contributed by atoms with Crippen LogP contribution in [0.15, 0.2) is 112 Å². The number of para-hydroxylation sites is 5. The molecule has 0 saturated carbocycles. The molecule has 8 aromatic rings. The summed E-state index contributed by atoms with van der Waals surface area (Å²) in [7, 11) is 0. The molecule has 0 unspecified atom stereocenters. The first-order chi connectivity index (χ1) is 17.8. The van der Waals surface area contributed by atoms with E-state index in [1.165, 1.54) is 0 Å². The number of hydrogen-bond donors (Lipinski definition) is 0. The van der Waals surface area contributed by atoms with Crippen LogP contribution in [0.1, 0.15) is 5.56 Å². The van der Waals surface area contributed by atoms with Crippen molar-refractivity contribution in [2.75, 3.05) is 0 Å². The number of furan rings is 2.